The first-order chi connectivity index (χ1) is 10.7. The van der Waals surface area contributed by atoms with Crippen molar-refractivity contribution in [2.45, 2.75) is 64.5 Å². The van der Waals surface area contributed by atoms with E-state index in [1.807, 2.05) is 0 Å². The molecule has 0 aliphatic heterocycles. The van der Waals surface area contributed by atoms with E-state index in [4.69, 9.17) is 4.74 Å². The molecular formula is C16H25N3O2S. The van der Waals surface area contributed by atoms with E-state index in [-0.39, 0.29) is 11.3 Å². The monoisotopic (exact) mass is 323 g/mol. The Bertz CT molecular complexity index is 499. The fourth-order valence-electron chi connectivity index (χ4n) is 4.33. The second kappa shape index (κ2) is 6.62. The molecule has 2 atom stereocenters. The molecule has 1 aromatic rings. The normalized spacial score (nSPS) is 26.1. The zero-order valence-corrected chi connectivity index (χ0v) is 14.3. The van der Waals surface area contributed by atoms with Gasteiger partial charge in [-0.2, -0.15) is 0 Å². The molecule has 0 bridgehead atoms. The average Bonchev–Trinajstić information content (AvgIpc) is 3.21. The number of rotatable bonds is 6. The highest BCUT2D eigenvalue weighted by atomic mass is 32.1. The van der Waals surface area contributed by atoms with Crippen LogP contribution in [0.2, 0.25) is 0 Å². The zero-order chi connectivity index (χ0) is 15.6. The fourth-order valence-corrected chi connectivity index (χ4v) is 4.80. The van der Waals surface area contributed by atoms with Crippen LogP contribution in [0.1, 0.15) is 62.0 Å². The molecular weight excluding hydrogens is 298 g/mol. The van der Waals surface area contributed by atoms with E-state index in [0.717, 1.165) is 26.0 Å². The van der Waals surface area contributed by atoms with E-state index in [1.165, 1.54) is 37.2 Å². The maximum Gasteiger partial charge on any atom is 0.267 e. The number of aromatic nitrogens is 2. The van der Waals surface area contributed by atoms with Gasteiger partial charge in [-0.3, -0.25) is 4.79 Å². The van der Waals surface area contributed by atoms with Gasteiger partial charge >= 0.3 is 0 Å². The number of ether oxygens (including phenoxy) is 1. The predicted octanol–water partition coefficient (Wildman–Crippen LogP) is 3.13. The smallest absolute Gasteiger partial charge is 0.267 e. The largest absolute Gasteiger partial charge is 0.378 e. The molecule has 1 aromatic heterocycles. The molecule has 0 saturated heterocycles. The molecule has 6 heteroatoms. The Hall–Kier alpha value is -1.01. The molecule has 5 nitrogen and oxygen atoms in total. The van der Waals surface area contributed by atoms with E-state index in [1.54, 1.807) is 6.20 Å². The highest BCUT2D eigenvalue weighted by Gasteiger charge is 2.59. The van der Waals surface area contributed by atoms with E-state index < -0.39 is 0 Å². The molecule has 1 amide bonds. The molecule has 2 aliphatic carbocycles. The van der Waals surface area contributed by atoms with Crippen molar-refractivity contribution in [3.05, 3.63) is 11.1 Å². The van der Waals surface area contributed by atoms with Gasteiger partial charge in [0, 0.05) is 24.6 Å². The Balaban J connectivity index is 1.81. The second-order valence-corrected chi connectivity index (χ2v) is 7.20. The summed E-state index contributed by atoms with van der Waals surface area (Å²) in [6, 6.07) is 0.320. The summed E-state index contributed by atoms with van der Waals surface area (Å²) in [7, 11) is 0. The standard InChI is InChI=1S/C16H25N3O2S/c1-3-9-19(15(20)12-11-17-18-22-12)13-10-14(21-4-2)16(13)7-5-6-8-16/h11,13-14H,3-10H2,1-2H3/t13-,14+/m0/s1. The Morgan fingerprint density at radius 2 is 2.23 bits per heavy atom. The van der Waals surface area contributed by atoms with Gasteiger partial charge < -0.3 is 9.64 Å². The Labute approximate surface area is 136 Å². The minimum Gasteiger partial charge on any atom is -0.378 e. The predicted molar refractivity (Wildman–Crippen MR) is 86.0 cm³/mol. The van der Waals surface area contributed by atoms with E-state index in [0.29, 0.717) is 17.0 Å². The molecule has 0 unspecified atom stereocenters. The van der Waals surface area contributed by atoms with E-state index >= 15 is 0 Å². The number of hydrogen-bond acceptors (Lipinski definition) is 5. The molecule has 3 rings (SSSR count). The van der Waals surface area contributed by atoms with Crippen molar-refractivity contribution in [3.8, 4) is 0 Å². The quantitative estimate of drug-likeness (QED) is 0.807. The van der Waals surface area contributed by atoms with Crippen molar-refractivity contribution in [1.29, 1.82) is 0 Å². The highest BCUT2D eigenvalue weighted by molar-refractivity contribution is 7.07. The Kier molecular flexibility index (Phi) is 4.78. The lowest BCUT2D eigenvalue weighted by Crippen LogP contribution is -2.65. The van der Waals surface area contributed by atoms with Crippen molar-refractivity contribution in [2.24, 2.45) is 5.41 Å². The van der Waals surface area contributed by atoms with Crippen molar-refractivity contribution in [3.63, 3.8) is 0 Å². The molecule has 1 spiro atoms. The van der Waals surface area contributed by atoms with Gasteiger partial charge in [-0.15, -0.1) is 5.10 Å². The van der Waals surface area contributed by atoms with Crippen LogP contribution in [0.25, 0.3) is 0 Å². The SMILES string of the molecule is CCCN(C(=O)c1cnns1)[C@H]1C[C@@H](OCC)C12CCCC2. The minimum atomic E-state index is 0.100. The second-order valence-electron chi connectivity index (χ2n) is 6.42. The van der Waals surface area contributed by atoms with Crippen molar-refractivity contribution < 1.29 is 9.53 Å². The lowest BCUT2D eigenvalue weighted by atomic mass is 9.59. The maximum absolute atomic E-state index is 12.9. The van der Waals surface area contributed by atoms with Crippen molar-refractivity contribution in [2.75, 3.05) is 13.2 Å². The summed E-state index contributed by atoms with van der Waals surface area (Å²) < 4.78 is 9.83. The fraction of sp³-hybridized carbons (Fsp3) is 0.812. The third-order valence-electron chi connectivity index (χ3n) is 5.32. The molecule has 0 N–H and O–H groups in total. The first-order valence-corrected chi connectivity index (χ1v) is 9.20. The molecule has 22 heavy (non-hydrogen) atoms. The number of carbonyl (C=O) groups excluding carboxylic acids is 1. The first kappa shape index (κ1) is 15.9. The van der Waals surface area contributed by atoms with Gasteiger partial charge in [-0.05, 0) is 44.1 Å². The number of hydrogen-bond donors (Lipinski definition) is 0. The lowest BCUT2D eigenvalue weighted by molar-refractivity contribution is -0.156. The third kappa shape index (κ3) is 2.56. The number of amides is 1. The summed E-state index contributed by atoms with van der Waals surface area (Å²) >= 11 is 1.20. The van der Waals surface area contributed by atoms with Gasteiger partial charge in [0.15, 0.2) is 0 Å². The van der Waals surface area contributed by atoms with Crippen LogP contribution >= 0.6 is 11.5 Å². The lowest BCUT2D eigenvalue weighted by Gasteiger charge is -2.57. The van der Waals surface area contributed by atoms with Crippen LogP contribution in [0.4, 0.5) is 0 Å². The number of carbonyl (C=O) groups is 1. The van der Waals surface area contributed by atoms with Crippen LogP contribution < -0.4 is 0 Å². The molecule has 2 fully saturated rings. The van der Waals surface area contributed by atoms with E-state index in [9.17, 15) is 4.79 Å². The van der Waals surface area contributed by atoms with E-state index in [2.05, 4.69) is 28.3 Å². The molecule has 1 heterocycles. The molecule has 2 aliphatic rings. The molecule has 0 aromatic carbocycles. The molecule has 122 valence electrons. The van der Waals surface area contributed by atoms with Crippen LogP contribution in [-0.4, -0.2) is 45.7 Å². The third-order valence-corrected chi connectivity index (χ3v) is 5.97. The van der Waals surface area contributed by atoms with Gasteiger partial charge in [0.1, 0.15) is 4.88 Å². The van der Waals surface area contributed by atoms with Crippen LogP contribution in [-0.2, 0) is 4.74 Å². The summed E-state index contributed by atoms with van der Waals surface area (Å²) in [6.07, 6.45) is 8.78. The zero-order valence-electron chi connectivity index (χ0n) is 13.5. The summed E-state index contributed by atoms with van der Waals surface area (Å²) in [5.74, 6) is 0.100. The summed E-state index contributed by atoms with van der Waals surface area (Å²) in [6.45, 7) is 5.76. The van der Waals surface area contributed by atoms with Crippen molar-refractivity contribution >= 4 is 17.4 Å². The highest BCUT2D eigenvalue weighted by Crippen LogP contribution is 2.56. The van der Waals surface area contributed by atoms with Gasteiger partial charge in [-0.25, -0.2) is 0 Å². The van der Waals surface area contributed by atoms with Crippen molar-refractivity contribution in [1.82, 2.24) is 14.5 Å². The van der Waals surface area contributed by atoms with Crippen LogP contribution in [0.5, 0.6) is 0 Å². The van der Waals surface area contributed by atoms with Crippen LogP contribution in [0.3, 0.4) is 0 Å². The van der Waals surface area contributed by atoms with Gasteiger partial charge in [0.25, 0.3) is 5.91 Å². The van der Waals surface area contributed by atoms with Gasteiger partial charge in [0.05, 0.1) is 12.3 Å². The minimum absolute atomic E-state index is 0.100. The summed E-state index contributed by atoms with van der Waals surface area (Å²) in [5, 5.41) is 3.82. The summed E-state index contributed by atoms with van der Waals surface area (Å²) in [5.41, 5.74) is 0.193. The van der Waals surface area contributed by atoms with Crippen LogP contribution in [0.15, 0.2) is 6.20 Å². The maximum atomic E-state index is 12.9. The first-order valence-electron chi connectivity index (χ1n) is 8.43. The number of nitrogens with zero attached hydrogens (tertiary/aromatic N) is 3. The molecule has 0 radical (unpaired) electrons. The average molecular weight is 323 g/mol. The topological polar surface area (TPSA) is 55.3 Å². The van der Waals surface area contributed by atoms with Gasteiger partial charge in [-0.1, -0.05) is 24.3 Å². The van der Waals surface area contributed by atoms with Crippen LogP contribution in [0, 0.1) is 5.41 Å². The Morgan fingerprint density at radius 1 is 1.45 bits per heavy atom. The Morgan fingerprint density at radius 3 is 2.82 bits per heavy atom. The molecule has 2 saturated carbocycles. The summed E-state index contributed by atoms with van der Waals surface area (Å²) in [4.78, 5) is 15.6. The van der Waals surface area contributed by atoms with Gasteiger partial charge in [0.2, 0.25) is 0 Å².